The highest BCUT2D eigenvalue weighted by Gasteiger charge is 2.33. The second-order valence-electron chi connectivity index (χ2n) is 5.64. The minimum Gasteiger partial charge on any atom is -0.490 e. The van der Waals surface area contributed by atoms with E-state index in [4.69, 9.17) is 27.9 Å². The quantitative estimate of drug-likeness (QED) is 0.693. The van der Waals surface area contributed by atoms with Gasteiger partial charge in [-0.05, 0) is 24.3 Å². The summed E-state index contributed by atoms with van der Waals surface area (Å²) < 4.78 is 20.7. The Bertz CT molecular complexity index is 858. The van der Waals surface area contributed by atoms with Gasteiger partial charge in [0.25, 0.3) is 0 Å². The second-order valence-corrected chi connectivity index (χ2v) is 6.48. The Hall–Kier alpha value is -2.08. The van der Waals surface area contributed by atoms with Gasteiger partial charge in [-0.1, -0.05) is 35.3 Å². The van der Waals surface area contributed by atoms with Crippen molar-refractivity contribution in [3.63, 3.8) is 0 Å². The van der Waals surface area contributed by atoms with E-state index < -0.39 is 11.4 Å². The molecule has 1 unspecified atom stereocenters. The Morgan fingerprint density at radius 1 is 1.20 bits per heavy atom. The summed E-state index contributed by atoms with van der Waals surface area (Å²) in [5.41, 5.74) is -1.00. The molecule has 0 amide bonds. The molecule has 2 aromatic carbocycles. The SMILES string of the molecule is OC(COc1cccc(F)c1)(Cn1ccnc1)c1ccc(Cl)cc1Cl. The second kappa shape index (κ2) is 7.44. The molecule has 1 atom stereocenters. The van der Waals surface area contributed by atoms with Crippen LogP contribution in [0.4, 0.5) is 4.39 Å². The van der Waals surface area contributed by atoms with Gasteiger partial charge in [-0.25, -0.2) is 9.37 Å². The predicted octanol–water partition coefficient (Wildman–Crippen LogP) is 4.30. The van der Waals surface area contributed by atoms with E-state index >= 15 is 0 Å². The Balaban J connectivity index is 1.90. The number of aliphatic hydroxyl groups is 1. The first-order valence-corrected chi connectivity index (χ1v) is 8.24. The lowest BCUT2D eigenvalue weighted by molar-refractivity contribution is -0.0243. The molecule has 0 saturated heterocycles. The molecule has 1 aromatic heterocycles. The predicted molar refractivity (Wildman–Crippen MR) is 94.5 cm³/mol. The van der Waals surface area contributed by atoms with Crippen LogP contribution in [0.25, 0.3) is 0 Å². The molecule has 3 aromatic rings. The van der Waals surface area contributed by atoms with Crippen LogP contribution in [0.5, 0.6) is 5.75 Å². The van der Waals surface area contributed by atoms with Crippen molar-refractivity contribution in [2.24, 2.45) is 0 Å². The molecule has 0 spiro atoms. The summed E-state index contributed by atoms with van der Waals surface area (Å²) in [5, 5.41) is 12.0. The van der Waals surface area contributed by atoms with E-state index in [9.17, 15) is 9.50 Å². The van der Waals surface area contributed by atoms with Gasteiger partial charge in [0, 0.05) is 34.1 Å². The van der Waals surface area contributed by atoms with Crippen LogP contribution in [0.1, 0.15) is 5.56 Å². The lowest BCUT2D eigenvalue weighted by Crippen LogP contribution is -2.38. The van der Waals surface area contributed by atoms with Gasteiger partial charge in [-0.3, -0.25) is 0 Å². The van der Waals surface area contributed by atoms with Gasteiger partial charge in [0.05, 0.1) is 12.9 Å². The van der Waals surface area contributed by atoms with Crippen molar-refractivity contribution in [3.05, 3.63) is 82.6 Å². The molecular weight excluding hydrogens is 366 g/mol. The van der Waals surface area contributed by atoms with Crippen LogP contribution < -0.4 is 4.74 Å². The van der Waals surface area contributed by atoms with E-state index in [1.54, 1.807) is 47.6 Å². The van der Waals surface area contributed by atoms with Crippen LogP contribution in [0.2, 0.25) is 10.0 Å². The fourth-order valence-corrected chi connectivity index (χ4v) is 3.10. The maximum atomic E-state index is 13.3. The standard InChI is InChI=1S/C18H15Cl2FN2O2/c19-13-4-5-16(17(20)8-13)18(24,10-23-7-6-22-12-23)11-25-15-3-1-2-14(21)9-15/h1-9,12,24H,10-11H2. The van der Waals surface area contributed by atoms with Crippen molar-refractivity contribution in [1.82, 2.24) is 9.55 Å². The molecule has 130 valence electrons. The summed E-state index contributed by atoms with van der Waals surface area (Å²) in [6.07, 6.45) is 4.91. The third kappa shape index (κ3) is 4.31. The van der Waals surface area contributed by atoms with Gasteiger partial charge < -0.3 is 14.4 Å². The molecule has 0 bridgehead atoms. The van der Waals surface area contributed by atoms with Crippen LogP contribution in [0.3, 0.4) is 0 Å². The number of aromatic nitrogens is 2. The van der Waals surface area contributed by atoms with Crippen LogP contribution in [0, 0.1) is 5.82 Å². The van der Waals surface area contributed by atoms with Crippen molar-refractivity contribution in [3.8, 4) is 5.75 Å². The Kier molecular flexibility index (Phi) is 5.27. The topological polar surface area (TPSA) is 47.3 Å². The first kappa shape index (κ1) is 17.7. The van der Waals surface area contributed by atoms with E-state index in [-0.39, 0.29) is 13.2 Å². The van der Waals surface area contributed by atoms with E-state index in [1.807, 2.05) is 0 Å². The van der Waals surface area contributed by atoms with Crippen molar-refractivity contribution < 1.29 is 14.2 Å². The van der Waals surface area contributed by atoms with Crippen molar-refractivity contribution >= 4 is 23.2 Å². The first-order chi connectivity index (χ1) is 12.0. The number of halogens is 3. The molecule has 0 saturated carbocycles. The van der Waals surface area contributed by atoms with E-state index in [1.165, 1.54) is 18.2 Å². The molecule has 1 N–H and O–H groups in total. The smallest absolute Gasteiger partial charge is 0.143 e. The van der Waals surface area contributed by atoms with Crippen LogP contribution >= 0.6 is 23.2 Å². The number of hydrogen-bond donors (Lipinski definition) is 1. The highest BCUT2D eigenvalue weighted by molar-refractivity contribution is 6.35. The molecule has 7 heteroatoms. The van der Waals surface area contributed by atoms with Gasteiger partial charge in [0.15, 0.2) is 0 Å². The number of hydrogen-bond acceptors (Lipinski definition) is 3. The number of imidazole rings is 1. The van der Waals surface area contributed by atoms with Crippen molar-refractivity contribution in [2.75, 3.05) is 6.61 Å². The third-order valence-electron chi connectivity index (χ3n) is 3.71. The van der Waals surface area contributed by atoms with E-state index in [0.29, 0.717) is 21.4 Å². The van der Waals surface area contributed by atoms with E-state index in [0.717, 1.165) is 0 Å². The van der Waals surface area contributed by atoms with Gasteiger partial charge in [0.2, 0.25) is 0 Å². The number of nitrogens with zero attached hydrogens (tertiary/aromatic N) is 2. The third-order valence-corrected chi connectivity index (χ3v) is 4.26. The lowest BCUT2D eigenvalue weighted by atomic mass is 9.94. The summed E-state index contributed by atoms with van der Waals surface area (Å²) in [6, 6.07) is 10.6. The highest BCUT2D eigenvalue weighted by atomic mass is 35.5. The minimum atomic E-state index is -1.46. The number of ether oxygens (including phenoxy) is 1. The monoisotopic (exact) mass is 380 g/mol. The molecule has 1 heterocycles. The Morgan fingerprint density at radius 3 is 2.72 bits per heavy atom. The fourth-order valence-electron chi connectivity index (χ4n) is 2.52. The van der Waals surface area contributed by atoms with Crippen LogP contribution in [-0.4, -0.2) is 21.3 Å². The molecule has 0 aliphatic carbocycles. The molecule has 3 rings (SSSR count). The first-order valence-electron chi connectivity index (χ1n) is 7.48. The van der Waals surface area contributed by atoms with Gasteiger partial charge in [-0.15, -0.1) is 0 Å². The fraction of sp³-hybridized carbons (Fsp3) is 0.167. The zero-order valence-corrected chi connectivity index (χ0v) is 14.6. The summed E-state index contributed by atoms with van der Waals surface area (Å²) >= 11 is 12.2. The van der Waals surface area contributed by atoms with Crippen molar-refractivity contribution in [2.45, 2.75) is 12.1 Å². The van der Waals surface area contributed by atoms with Crippen LogP contribution in [0.15, 0.2) is 61.2 Å². The summed E-state index contributed by atoms with van der Waals surface area (Å²) in [6.45, 7) is 0.0274. The molecule has 4 nitrogen and oxygen atoms in total. The number of rotatable bonds is 6. The normalized spacial score (nSPS) is 13.4. The van der Waals surface area contributed by atoms with E-state index in [2.05, 4.69) is 4.98 Å². The van der Waals surface area contributed by atoms with Gasteiger partial charge >= 0.3 is 0 Å². The molecule has 0 aliphatic rings. The average molecular weight is 381 g/mol. The lowest BCUT2D eigenvalue weighted by Gasteiger charge is -2.30. The maximum absolute atomic E-state index is 13.3. The summed E-state index contributed by atoms with van der Waals surface area (Å²) in [4.78, 5) is 3.97. The van der Waals surface area contributed by atoms with Crippen molar-refractivity contribution in [1.29, 1.82) is 0 Å². The average Bonchev–Trinajstić information content (AvgIpc) is 3.05. The highest BCUT2D eigenvalue weighted by Crippen LogP contribution is 2.32. The molecule has 0 aliphatic heterocycles. The molecule has 0 fully saturated rings. The van der Waals surface area contributed by atoms with Gasteiger partial charge in [0.1, 0.15) is 23.8 Å². The molecule has 0 radical (unpaired) electrons. The number of benzene rings is 2. The maximum Gasteiger partial charge on any atom is 0.143 e. The Labute approximate surface area is 154 Å². The zero-order chi connectivity index (χ0) is 17.9. The Morgan fingerprint density at radius 2 is 2.04 bits per heavy atom. The summed E-state index contributed by atoms with van der Waals surface area (Å²) in [7, 11) is 0. The largest absolute Gasteiger partial charge is 0.490 e. The molecule has 25 heavy (non-hydrogen) atoms. The van der Waals surface area contributed by atoms with Gasteiger partial charge in [-0.2, -0.15) is 0 Å². The van der Waals surface area contributed by atoms with Crippen LogP contribution in [-0.2, 0) is 12.1 Å². The zero-order valence-electron chi connectivity index (χ0n) is 13.1. The molecular formula is C18H15Cl2FN2O2. The minimum absolute atomic E-state index is 0.129. The summed E-state index contributed by atoms with van der Waals surface area (Å²) in [5.74, 6) is -0.102.